The predicted octanol–water partition coefficient (Wildman–Crippen LogP) is 4.06. The minimum absolute atomic E-state index is 0.0304. The van der Waals surface area contributed by atoms with E-state index in [1.54, 1.807) is 24.3 Å². The fourth-order valence-electron chi connectivity index (χ4n) is 2.19. The van der Waals surface area contributed by atoms with Gasteiger partial charge in [-0.15, -0.1) is 11.3 Å². The molecule has 1 amide bonds. The minimum atomic E-state index is -0.540. The first-order valence-corrected chi connectivity index (χ1v) is 8.24. The van der Waals surface area contributed by atoms with Crippen LogP contribution in [-0.4, -0.2) is 17.4 Å². The lowest BCUT2D eigenvalue weighted by atomic mass is 10.2. The van der Waals surface area contributed by atoms with Crippen LogP contribution < -0.4 is 5.32 Å². The Hall–Kier alpha value is -2.60. The second kappa shape index (κ2) is 7.31. The molecule has 0 saturated carbocycles. The highest BCUT2D eigenvalue weighted by molar-refractivity contribution is 7.13. The van der Waals surface area contributed by atoms with Crippen LogP contribution in [0.5, 0.6) is 0 Å². The normalized spacial score (nSPS) is 10.6. The van der Waals surface area contributed by atoms with Crippen LogP contribution in [0.3, 0.4) is 0 Å². The van der Waals surface area contributed by atoms with Gasteiger partial charge in [0.1, 0.15) is 16.6 Å². The van der Waals surface area contributed by atoms with Crippen LogP contribution >= 0.6 is 11.3 Å². The Bertz CT molecular complexity index is 846. The van der Waals surface area contributed by atoms with Crippen LogP contribution in [0.15, 0.2) is 53.9 Å². The molecule has 1 heterocycles. The maximum atomic E-state index is 13.5. The number of halogens is 2. The molecule has 0 aliphatic carbocycles. The van der Waals surface area contributed by atoms with E-state index in [9.17, 15) is 13.6 Å². The van der Waals surface area contributed by atoms with Crippen LogP contribution in [0.2, 0.25) is 0 Å². The molecule has 2 aromatic carbocycles. The Morgan fingerprint density at radius 3 is 2.58 bits per heavy atom. The number of carbonyl (C=O) groups is 1. The lowest BCUT2D eigenvalue weighted by Crippen LogP contribution is -2.26. The molecular formula is C18H14F2N2OS. The van der Waals surface area contributed by atoms with Gasteiger partial charge in [0.2, 0.25) is 0 Å². The van der Waals surface area contributed by atoms with E-state index < -0.39 is 11.7 Å². The molecule has 0 spiro atoms. The third-order valence-electron chi connectivity index (χ3n) is 3.43. The standard InChI is InChI=1S/C18H14F2N2OS/c19-13-7-5-12(6-8-13)18-22-14(11-24-18)9-10-21-17(23)15-3-1-2-4-16(15)20/h1-8,11H,9-10H2,(H,21,23). The van der Waals surface area contributed by atoms with E-state index >= 15 is 0 Å². The van der Waals surface area contributed by atoms with Crippen LogP contribution in [0.1, 0.15) is 16.1 Å². The van der Waals surface area contributed by atoms with Gasteiger partial charge in [0, 0.05) is 23.9 Å². The molecule has 0 bridgehead atoms. The van der Waals surface area contributed by atoms with Gasteiger partial charge < -0.3 is 5.32 Å². The van der Waals surface area contributed by atoms with E-state index in [0.717, 1.165) is 16.3 Å². The van der Waals surface area contributed by atoms with Gasteiger partial charge in [-0.25, -0.2) is 13.8 Å². The zero-order valence-corrected chi connectivity index (χ0v) is 13.4. The highest BCUT2D eigenvalue weighted by Crippen LogP contribution is 2.23. The number of benzene rings is 2. The van der Waals surface area contributed by atoms with Crippen molar-refractivity contribution in [2.24, 2.45) is 0 Å². The summed E-state index contributed by atoms with van der Waals surface area (Å²) in [6.07, 6.45) is 0.540. The molecule has 6 heteroatoms. The van der Waals surface area contributed by atoms with Crippen molar-refractivity contribution >= 4 is 17.2 Å². The van der Waals surface area contributed by atoms with Crippen molar-refractivity contribution in [3.8, 4) is 10.6 Å². The van der Waals surface area contributed by atoms with Gasteiger partial charge in [0.25, 0.3) is 5.91 Å². The van der Waals surface area contributed by atoms with Crippen molar-refractivity contribution in [2.75, 3.05) is 6.54 Å². The summed E-state index contributed by atoms with van der Waals surface area (Å²) in [5.74, 6) is -1.27. The summed E-state index contributed by atoms with van der Waals surface area (Å²) in [5.41, 5.74) is 1.71. The molecule has 0 aliphatic rings. The first-order valence-electron chi connectivity index (χ1n) is 7.36. The molecular weight excluding hydrogens is 330 g/mol. The number of hydrogen-bond acceptors (Lipinski definition) is 3. The van der Waals surface area contributed by atoms with Crippen molar-refractivity contribution in [1.82, 2.24) is 10.3 Å². The second-order valence-electron chi connectivity index (χ2n) is 5.14. The Morgan fingerprint density at radius 2 is 1.83 bits per heavy atom. The van der Waals surface area contributed by atoms with Gasteiger partial charge in [0.15, 0.2) is 0 Å². The number of aromatic nitrogens is 1. The Morgan fingerprint density at radius 1 is 1.08 bits per heavy atom. The average Bonchev–Trinajstić information content (AvgIpc) is 3.04. The van der Waals surface area contributed by atoms with Gasteiger partial charge in [-0.05, 0) is 36.4 Å². The number of rotatable bonds is 5. The third kappa shape index (κ3) is 3.83. The van der Waals surface area contributed by atoms with Crippen molar-refractivity contribution in [1.29, 1.82) is 0 Å². The minimum Gasteiger partial charge on any atom is -0.352 e. The molecule has 24 heavy (non-hydrogen) atoms. The van der Waals surface area contributed by atoms with Crippen LogP contribution in [-0.2, 0) is 6.42 Å². The number of carbonyl (C=O) groups excluding carboxylic acids is 1. The molecule has 3 nitrogen and oxygen atoms in total. The predicted molar refractivity (Wildman–Crippen MR) is 89.9 cm³/mol. The van der Waals surface area contributed by atoms with Gasteiger partial charge in [-0.2, -0.15) is 0 Å². The molecule has 0 unspecified atom stereocenters. The second-order valence-corrected chi connectivity index (χ2v) is 5.99. The maximum absolute atomic E-state index is 13.5. The molecule has 3 aromatic rings. The Kier molecular flexibility index (Phi) is 4.96. The van der Waals surface area contributed by atoms with Crippen molar-refractivity contribution in [3.05, 3.63) is 76.8 Å². The van der Waals surface area contributed by atoms with E-state index in [2.05, 4.69) is 10.3 Å². The van der Waals surface area contributed by atoms with Gasteiger partial charge in [-0.1, -0.05) is 12.1 Å². The summed E-state index contributed by atoms with van der Waals surface area (Å²) >= 11 is 1.46. The van der Waals surface area contributed by atoms with E-state index in [4.69, 9.17) is 0 Å². The molecule has 0 saturated heterocycles. The number of amides is 1. The average molecular weight is 344 g/mol. The summed E-state index contributed by atoms with van der Waals surface area (Å²) in [7, 11) is 0. The molecule has 0 fully saturated rings. The molecule has 1 N–H and O–H groups in total. The van der Waals surface area contributed by atoms with E-state index in [0.29, 0.717) is 13.0 Å². The Labute approximate surface area is 142 Å². The van der Waals surface area contributed by atoms with E-state index in [1.807, 2.05) is 5.38 Å². The molecule has 122 valence electrons. The number of hydrogen-bond donors (Lipinski definition) is 1. The molecule has 0 atom stereocenters. The van der Waals surface area contributed by atoms with Crippen molar-refractivity contribution < 1.29 is 13.6 Å². The lowest BCUT2D eigenvalue weighted by Gasteiger charge is -2.04. The molecule has 3 rings (SSSR count). The first kappa shape index (κ1) is 16.3. The summed E-state index contributed by atoms with van der Waals surface area (Å²) in [5, 5.41) is 5.37. The molecule has 0 aliphatic heterocycles. The van der Waals surface area contributed by atoms with Crippen LogP contribution in [0.25, 0.3) is 10.6 Å². The van der Waals surface area contributed by atoms with Crippen molar-refractivity contribution in [2.45, 2.75) is 6.42 Å². The van der Waals surface area contributed by atoms with Gasteiger partial charge in [-0.3, -0.25) is 4.79 Å². The monoisotopic (exact) mass is 344 g/mol. The number of thiazole rings is 1. The van der Waals surface area contributed by atoms with Crippen LogP contribution in [0.4, 0.5) is 8.78 Å². The van der Waals surface area contributed by atoms with E-state index in [1.165, 1.54) is 35.6 Å². The summed E-state index contributed by atoms with van der Waals surface area (Å²) < 4.78 is 26.4. The van der Waals surface area contributed by atoms with Gasteiger partial charge in [0.05, 0.1) is 11.3 Å². The maximum Gasteiger partial charge on any atom is 0.254 e. The molecule has 1 aromatic heterocycles. The summed E-state index contributed by atoms with van der Waals surface area (Å²) in [4.78, 5) is 16.4. The number of nitrogens with zero attached hydrogens (tertiary/aromatic N) is 1. The van der Waals surface area contributed by atoms with Crippen molar-refractivity contribution in [3.63, 3.8) is 0 Å². The fraction of sp³-hybridized carbons (Fsp3) is 0.111. The number of nitrogens with one attached hydrogen (secondary N) is 1. The zero-order valence-electron chi connectivity index (χ0n) is 12.6. The fourth-order valence-corrected chi connectivity index (χ4v) is 3.05. The largest absolute Gasteiger partial charge is 0.352 e. The first-order chi connectivity index (χ1) is 11.6. The summed E-state index contributed by atoms with van der Waals surface area (Å²) in [6.45, 7) is 0.361. The Balaban J connectivity index is 1.57. The summed E-state index contributed by atoms with van der Waals surface area (Å²) in [6, 6.07) is 12.0. The highest BCUT2D eigenvalue weighted by Gasteiger charge is 2.10. The topological polar surface area (TPSA) is 42.0 Å². The van der Waals surface area contributed by atoms with Crippen LogP contribution in [0, 0.1) is 11.6 Å². The van der Waals surface area contributed by atoms with Gasteiger partial charge >= 0.3 is 0 Å². The zero-order chi connectivity index (χ0) is 16.9. The molecule has 0 radical (unpaired) electrons. The smallest absolute Gasteiger partial charge is 0.254 e. The lowest BCUT2D eigenvalue weighted by molar-refractivity contribution is 0.0950. The third-order valence-corrected chi connectivity index (χ3v) is 4.37. The quantitative estimate of drug-likeness (QED) is 0.758. The van der Waals surface area contributed by atoms with E-state index in [-0.39, 0.29) is 11.4 Å². The highest BCUT2D eigenvalue weighted by atomic mass is 32.1. The SMILES string of the molecule is O=C(NCCc1csc(-c2ccc(F)cc2)n1)c1ccccc1F.